The van der Waals surface area contributed by atoms with Crippen LogP contribution in [0.3, 0.4) is 0 Å². The van der Waals surface area contributed by atoms with E-state index in [1.165, 1.54) is 6.07 Å². The topological polar surface area (TPSA) is 92.2 Å². The minimum Gasteiger partial charge on any atom is -0.352 e. The number of halogens is 1. The number of aromatic nitrogens is 1. The normalized spacial score (nSPS) is 17.9. The molecular weight excluding hydrogens is 435 g/mol. The van der Waals surface area contributed by atoms with E-state index in [1.54, 1.807) is 24.3 Å². The summed E-state index contributed by atoms with van der Waals surface area (Å²) < 4.78 is 15.7. The first kappa shape index (κ1) is 22.1. The van der Waals surface area contributed by atoms with Gasteiger partial charge >= 0.3 is 0 Å². The van der Waals surface area contributed by atoms with Gasteiger partial charge in [0.05, 0.1) is 6.04 Å². The van der Waals surface area contributed by atoms with Crippen LogP contribution in [-0.2, 0) is 16.1 Å². The van der Waals surface area contributed by atoms with Crippen molar-refractivity contribution in [3.05, 3.63) is 65.6 Å². The van der Waals surface area contributed by atoms with Gasteiger partial charge in [-0.2, -0.15) is 0 Å². The summed E-state index contributed by atoms with van der Waals surface area (Å²) in [5.74, 6) is -0.672. The van der Waals surface area contributed by atoms with Gasteiger partial charge in [0.2, 0.25) is 11.8 Å². The molecular formula is C26H27FN4O3. The highest BCUT2D eigenvalue weighted by atomic mass is 19.1. The molecule has 8 heteroatoms. The second kappa shape index (κ2) is 9.29. The first-order chi connectivity index (χ1) is 16.5. The minimum absolute atomic E-state index is 0.0444. The molecule has 0 saturated heterocycles. The van der Waals surface area contributed by atoms with Crippen LogP contribution in [0.1, 0.15) is 54.2 Å². The summed E-state index contributed by atoms with van der Waals surface area (Å²) in [5.41, 5.74) is 2.43. The lowest BCUT2D eigenvalue weighted by molar-refractivity contribution is -0.122. The first-order valence-electron chi connectivity index (χ1n) is 11.7. The zero-order valence-corrected chi connectivity index (χ0v) is 18.8. The van der Waals surface area contributed by atoms with Gasteiger partial charge in [0.1, 0.15) is 11.5 Å². The number of anilines is 1. The zero-order valence-electron chi connectivity index (χ0n) is 18.8. The van der Waals surface area contributed by atoms with Crippen molar-refractivity contribution in [3.8, 4) is 0 Å². The Kier molecular flexibility index (Phi) is 6.04. The smallest absolute Gasteiger partial charge is 0.268 e. The van der Waals surface area contributed by atoms with Crippen LogP contribution >= 0.6 is 0 Å². The summed E-state index contributed by atoms with van der Waals surface area (Å²) in [6.45, 7) is 0.427. The van der Waals surface area contributed by atoms with Gasteiger partial charge in [-0.05, 0) is 43.2 Å². The fraction of sp³-hybridized carbons (Fsp3) is 0.346. The van der Waals surface area contributed by atoms with E-state index in [9.17, 15) is 18.8 Å². The number of nitrogens with zero attached hydrogens (tertiary/aromatic N) is 1. The summed E-state index contributed by atoms with van der Waals surface area (Å²) in [6, 6.07) is 13.4. The number of nitrogens with one attached hydrogen (secondary N) is 3. The van der Waals surface area contributed by atoms with Crippen LogP contribution in [0.2, 0.25) is 0 Å². The van der Waals surface area contributed by atoms with Gasteiger partial charge in [0.25, 0.3) is 5.91 Å². The Labute approximate surface area is 196 Å². The second-order valence-corrected chi connectivity index (χ2v) is 9.08. The van der Waals surface area contributed by atoms with Crippen LogP contribution in [0.4, 0.5) is 10.1 Å². The van der Waals surface area contributed by atoms with Crippen LogP contribution < -0.4 is 16.0 Å². The number of amides is 3. The number of hydrogen-bond acceptors (Lipinski definition) is 3. The molecule has 7 nitrogen and oxygen atoms in total. The van der Waals surface area contributed by atoms with Gasteiger partial charge in [0, 0.05) is 47.6 Å². The predicted molar refractivity (Wildman–Crippen MR) is 127 cm³/mol. The Morgan fingerprint density at radius 1 is 1.09 bits per heavy atom. The van der Waals surface area contributed by atoms with E-state index in [2.05, 4.69) is 16.0 Å². The monoisotopic (exact) mass is 462 g/mol. The molecule has 0 radical (unpaired) electrons. The third kappa shape index (κ3) is 4.40. The highest BCUT2D eigenvalue weighted by Gasteiger charge is 2.29. The van der Waals surface area contributed by atoms with Gasteiger partial charge in [-0.1, -0.05) is 31.0 Å². The number of fused-ring (bicyclic) bond motifs is 3. The van der Waals surface area contributed by atoms with Crippen molar-refractivity contribution in [2.45, 2.75) is 44.7 Å². The van der Waals surface area contributed by atoms with E-state index in [1.807, 2.05) is 22.8 Å². The molecule has 3 N–H and O–H groups in total. The first-order valence-corrected chi connectivity index (χ1v) is 11.7. The molecule has 2 aromatic carbocycles. The molecule has 1 fully saturated rings. The molecule has 3 aromatic rings. The molecule has 0 spiro atoms. The van der Waals surface area contributed by atoms with Gasteiger partial charge in [-0.3, -0.25) is 14.4 Å². The van der Waals surface area contributed by atoms with Crippen LogP contribution in [0.5, 0.6) is 0 Å². The molecule has 5 rings (SSSR count). The Balaban J connectivity index is 1.33. The quantitative estimate of drug-likeness (QED) is 0.519. The number of benzene rings is 2. The van der Waals surface area contributed by atoms with Crippen molar-refractivity contribution in [1.82, 2.24) is 15.2 Å². The molecule has 3 amide bonds. The van der Waals surface area contributed by atoms with E-state index in [0.717, 1.165) is 36.6 Å². The summed E-state index contributed by atoms with van der Waals surface area (Å²) in [7, 11) is 0. The number of carbonyl (C=O) groups excluding carboxylic acids is 3. The number of hydrogen-bond donors (Lipinski definition) is 3. The third-order valence-electron chi connectivity index (χ3n) is 6.78. The Bertz CT molecular complexity index is 1260. The molecule has 1 aliphatic heterocycles. The SMILES string of the molecule is O=C(CC1CNC(=O)c2cc3cc(NC(=O)C4CCCC4)ccc3n21)NCc1ccccc1F. The van der Waals surface area contributed by atoms with Crippen LogP contribution in [-0.4, -0.2) is 28.8 Å². The summed E-state index contributed by atoms with van der Waals surface area (Å²) >= 11 is 0. The molecule has 1 aliphatic carbocycles. The van der Waals surface area contributed by atoms with Crippen molar-refractivity contribution in [3.63, 3.8) is 0 Å². The maximum absolute atomic E-state index is 13.8. The molecule has 34 heavy (non-hydrogen) atoms. The fourth-order valence-electron chi connectivity index (χ4n) is 4.99. The highest BCUT2D eigenvalue weighted by Crippen LogP contribution is 2.31. The third-order valence-corrected chi connectivity index (χ3v) is 6.78. The van der Waals surface area contributed by atoms with E-state index in [-0.39, 0.29) is 48.5 Å². The predicted octanol–water partition coefficient (Wildman–Crippen LogP) is 3.90. The Hall–Kier alpha value is -3.68. The summed E-state index contributed by atoms with van der Waals surface area (Å²) in [6.07, 6.45) is 4.18. The van der Waals surface area contributed by atoms with Crippen molar-refractivity contribution in [2.24, 2.45) is 5.92 Å². The van der Waals surface area contributed by atoms with E-state index >= 15 is 0 Å². The zero-order chi connectivity index (χ0) is 23.7. The number of carbonyl (C=O) groups is 3. The molecule has 1 atom stereocenters. The Morgan fingerprint density at radius 3 is 2.68 bits per heavy atom. The van der Waals surface area contributed by atoms with Gasteiger partial charge < -0.3 is 20.5 Å². The lowest BCUT2D eigenvalue weighted by Crippen LogP contribution is -2.40. The average molecular weight is 463 g/mol. The van der Waals surface area contributed by atoms with E-state index < -0.39 is 0 Å². The molecule has 2 heterocycles. The molecule has 1 saturated carbocycles. The molecule has 1 unspecified atom stereocenters. The maximum atomic E-state index is 13.8. The van der Waals surface area contributed by atoms with Crippen molar-refractivity contribution < 1.29 is 18.8 Å². The van der Waals surface area contributed by atoms with E-state index in [4.69, 9.17) is 0 Å². The maximum Gasteiger partial charge on any atom is 0.268 e. The summed E-state index contributed by atoms with van der Waals surface area (Å²) in [4.78, 5) is 37.7. The highest BCUT2D eigenvalue weighted by molar-refractivity contribution is 6.01. The van der Waals surface area contributed by atoms with Crippen LogP contribution in [0.25, 0.3) is 10.9 Å². The lowest BCUT2D eigenvalue weighted by Gasteiger charge is -2.27. The molecule has 1 aromatic heterocycles. The van der Waals surface area contributed by atoms with E-state index in [0.29, 0.717) is 23.5 Å². The van der Waals surface area contributed by atoms with Crippen molar-refractivity contribution in [2.75, 3.05) is 11.9 Å². The van der Waals surface area contributed by atoms with Gasteiger partial charge in [0.15, 0.2) is 0 Å². The standard InChI is InChI=1S/C26H27FN4O3/c27-21-8-4-3-7-17(21)14-28-24(32)13-20-15-29-26(34)23-12-18-11-19(9-10-22(18)31(20)23)30-25(33)16-5-1-2-6-16/h3-4,7-12,16,20H,1-2,5-6,13-15H2,(H,28,32)(H,29,34)(H,30,33). The molecule has 0 bridgehead atoms. The van der Waals surface area contributed by atoms with Crippen molar-refractivity contribution >= 4 is 34.3 Å². The molecule has 176 valence electrons. The molecule has 2 aliphatic rings. The minimum atomic E-state index is -0.359. The van der Waals surface area contributed by atoms with Gasteiger partial charge in [-0.25, -0.2) is 4.39 Å². The fourth-order valence-corrected chi connectivity index (χ4v) is 4.99. The van der Waals surface area contributed by atoms with Crippen molar-refractivity contribution in [1.29, 1.82) is 0 Å². The second-order valence-electron chi connectivity index (χ2n) is 9.08. The Morgan fingerprint density at radius 2 is 1.88 bits per heavy atom. The lowest BCUT2D eigenvalue weighted by atomic mass is 10.1. The largest absolute Gasteiger partial charge is 0.352 e. The summed E-state index contributed by atoms with van der Waals surface area (Å²) in [5, 5.41) is 9.46. The van der Waals surface area contributed by atoms with Crippen LogP contribution in [0, 0.1) is 11.7 Å². The van der Waals surface area contributed by atoms with Crippen LogP contribution in [0.15, 0.2) is 48.5 Å². The van der Waals surface area contributed by atoms with Gasteiger partial charge in [-0.15, -0.1) is 0 Å². The number of rotatable bonds is 6. The average Bonchev–Trinajstić information content (AvgIpc) is 3.49.